The quantitative estimate of drug-likeness (QED) is 0.757. The van der Waals surface area contributed by atoms with Crippen LogP contribution in [0, 0.1) is 0 Å². The maximum atomic E-state index is 13.0. The molecule has 0 saturated heterocycles. The number of hydrogen-bond donors (Lipinski definition) is 1. The molecule has 8 nitrogen and oxygen atoms in total. The molecule has 0 aromatic heterocycles. The number of hydrogen-bond acceptors (Lipinski definition) is 5. The van der Waals surface area contributed by atoms with Gasteiger partial charge in [0.1, 0.15) is 5.75 Å². The Labute approximate surface area is 176 Å². The summed E-state index contributed by atoms with van der Waals surface area (Å²) in [4.78, 5) is 26.0. The first-order valence-corrected chi connectivity index (χ1v) is 10.9. The maximum Gasteiger partial charge on any atom is 0.243 e. The molecule has 0 bridgehead atoms. The summed E-state index contributed by atoms with van der Waals surface area (Å²) in [6, 6.07) is 11.5. The largest absolute Gasteiger partial charge is 0.497 e. The Hall–Kier alpha value is -2.91. The van der Waals surface area contributed by atoms with Gasteiger partial charge in [0.2, 0.25) is 21.8 Å². The minimum Gasteiger partial charge on any atom is -0.497 e. The zero-order chi connectivity index (χ0) is 22.1. The van der Waals surface area contributed by atoms with Crippen molar-refractivity contribution in [2.24, 2.45) is 0 Å². The summed E-state index contributed by atoms with van der Waals surface area (Å²) >= 11 is 0. The number of carbonyl (C=O) groups is 2. The molecule has 160 valence electrons. The molecule has 1 heterocycles. The first kappa shape index (κ1) is 21.8. The van der Waals surface area contributed by atoms with Gasteiger partial charge >= 0.3 is 0 Å². The van der Waals surface area contributed by atoms with Gasteiger partial charge in [-0.15, -0.1) is 0 Å². The Morgan fingerprint density at radius 1 is 1.23 bits per heavy atom. The van der Waals surface area contributed by atoms with Crippen LogP contribution in [0.1, 0.15) is 19.4 Å². The number of amides is 2. The highest BCUT2D eigenvalue weighted by Crippen LogP contribution is 2.34. The summed E-state index contributed by atoms with van der Waals surface area (Å²) in [5, 5.41) is 2.67. The van der Waals surface area contributed by atoms with Crippen LogP contribution in [0.4, 0.5) is 11.4 Å². The van der Waals surface area contributed by atoms with Crippen molar-refractivity contribution in [1.82, 2.24) is 4.31 Å². The van der Waals surface area contributed by atoms with Crippen molar-refractivity contribution in [1.29, 1.82) is 0 Å². The first-order chi connectivity index (χ1) is 14.1. The minimum atomic E-state index is -3.87. The van der Waals surface area contributed by atoms with E-state index in [0.29, 0.717) is 17.9 Å². The minimum absolute atomic E-state index is 0.0261. The number of fused-ring (bicyclic) bond motifs is 1. The van der Waals surface area contributed by atoms with Gasteiger partial charge in [0.05, 0.1) is 18.6 Å². The molecule has 0 spiro atoms. The molecular formula is C21H25N3O5S. The summed E-state index contributed by atoms with van der Waals surface area (Å²) in [5.41, 5.74) is 2.04. The Kier molecular flexibility index (Phi) is 6.14. The number of rotatable bonds is 6. The van der Waals surface area contributed by atoms with E-state index < -0.39 is 15.9 Å². The van der Waals surface area contributed by atoms with Gasteiger partial charge in [0.15, 0.2) is 0 Å². The second-order valence-corrected chi connectivity index (χ2v) is 9.32. The van der Waals surface area contributed by atoms with E-state index in [-0.39, 0.29) is 23.4 Å². The molecule has 2 aromatic rings. The van der Waals surface area contributed by atoms with Crippen molar-refractivity contribution in [2.75, 3.05) is 30.9 Å². The molecular weight excluding hydrogens is 406 g/mol. The fourth-order valence-electron chi connectivity index (χ4n) is 3.62. The highest BCUT2D eigenvalue weighted by Gasteiger charge is 2.31. The van der Waals surface area contributed by atoms with Crippen molar-refractivity contribution in [2.45, 2.75) is 31.2 Å². The number of nitrogens with zero attached hydrogens (tertiary/aromatic N) is 2. The zero-order valence-electron chi connectivity index (χ0n) is 17.4. The summed E-state index contributed by atoms with van der Waals surface area (Å²) in [5.74, 6) is 0.0378. The molecule has 1 N–H and O–H groups in total. The monoisotopic (exact) mass is 431 g/mol. The van der Waals surface area contributed by atoms with Crippen molar-refractivity contribution >= 4 is 33.2 Å². The van der Waals surface area contributed by atoms with Crippen molar-refractivity contribution in [3.05, 3.63) is 48.0 Å². The van der Waals surface area contributed by atoms with E-state index in [2.05, 4.69) is 5.32 Å². The molecule has 0 radical (unpaired) electrons. The molecule has 0 fully saturated rings. The Morgan fingerprint density at radius 3 is 2.63 bits per heavy atom. The van der Waals surface area contributed by atoms with Gasteiger partial charge in [-0.1, -0.05) is 6.07 Å². The Morgan fingerprint density at radius 2 is 1.97 bits per heavy atom. The predicted molar refractivity (Wildman–Crippen MR) is 114 cm³/mol. The second-order valence-electron chi connectivity index (χ2n) is 7.27. The van der Waals surface area contributed by atoms with E-state index in [1.54, 1.807) is 41.3 Å². The standard InChI is InChI=1S/C21H25N3O5S/c1-14-10-16-11-19(8-9-20(16)24(14)15(2)25)30(27,28)23(3)13-21(26)22-17-6-5-7-18(12-17)29-4/h5-9,11-12,14H,10,13H2,1-4H3,(H,22,26). The van der Waals surface area contributed by atoms with Crippen molar-refractivity contribution in [3.63, 3.8) is 0 Å². The molecule has 30 heavy (non-hydrogen) atoms. The van der Waals surface area contributed by atoms with E-state index >= 15 is 0 Å². The molecule has 3 rings (SSSR count). The van der Waals surface area contributed by atoms with E-state index in [9.17, 15) is 18.0 Å². The number of anilines is 2. The van der Waals surface area contributed by atoms with Crippen LogP contribution in [0.5, 0.6) is 5.75 Å². The van der Waals surface area contributed by atoms with Crippen LogP contribution in [0.3, 0.4) is 0 Å². The zero-order valence-corrected chi connectivity index (χ0v) is 18.2. The number of sulfonamides is 1. The van der Waals surface area contributed by atoms with Gasteiger partial charge in [0, 0.05) is 37.5 Å². The number of nitrogens with one attached hydrogen (secondary N) is 1. The maximum absolute atomic E-state index is 13.0. The van der Waals surface area contributed by atoms with Gasteiger partial charge in [0.25, 0.3) is 0 Å². The molecule has 0 saturated carbocycles. The molecule has 2 amide bonds. The summed E-state index contributed by atoms with van der Waals surface area (Å²) in [6.45, 7) is 3.07. The highest BCUT2D eigenvalue weighted by molar-refractivity contribution is 7.89. The van der Waals surface area contributed by atoms with Crippen LogP contribution in [-0.2, 0) is 26.0 Å². The van der Waals surface area contributed by atoms with Crippen LogP contribution in [0.2, 0.25) is 0 Å². The van der Waals surface area contributed by atoms with Gasteiger partial charge in [-0.05, 0) is 49.2 Å². The third-order valence-electron chi connectivity index (χ3n) is 5.03. The first-order valence-electron chi connectivity index (χ1n) is 9.46. The normalized spacial score (nSPS) is 15.8. The van der Waals surface area contributed by atoms with Crippen LogP contribution >= 0.6 is 0 Å². The molecule has 9 heteroatoms. The third kappa shape index (κ3) is 4.31. The number of benzene rings is 2. The van der Waals surface area contributed by atoms with E-state index in [1.807, 2.05) is 6.92 Å². The molecule has 0 aliphatic carbocycles. The van der Waals surface area contributed by atoms with Crippen LogP contribution in [0.15, 0.2) is 47.4 Å². The Balaban J connectivity index is 1.74. The average Bonchev–Trinajstić information content (AvgIpc) is 3.02. The molecule has 1 aliphatic heterocycles. The van der Waals surface area contributed by atoms with Crippen molar-refractivity contribution < 1.29 is 22.7 Å². The number of methoxy groups -OCH3 is 1. The summed E-state index contributed by atoms with van der Waals surface area (Å²) < 4.78 is 32.0. The lowest BCUT2D eigenvalue weighted by molar-refractivity contribution is -0.117. The lowest BCUT2D eigenvalue weighted by atomic mass is 10.1. The average molecular weight is 432 g/mol. The van der Waals surface area contributed by atoms with Crippen LogP contribution in [0.25, 0.3) is 0 Å². The fraction of sp³-hybridized carbons (Fsp3) is 0.333. The van der Waals surface area contributed by atoms with Gasteiger partial charge in [-0.2, -0.15) is 4.31 Å². The summed E-state index contributed by atoms with van der Waals surface area (Å²) in [6.07, 6.45) is 0.582. The second kappa shape index (κ2) is 8.45. The van der Waals surface area contributed by atoms with Gasteiger partial charge in [-0.25, -0.2) is 8.42 Å². The number of ether oxygens (including phenoxy) is 1. The smallest absolute Gasteiger partial charge is 0.243 e. The predicted octanol–water partition coefficient (Wildman–Crippen LogP) is 2.25. The van der Waals surface area contributed by atoms with Crippen molar-refractivity contribution in [3.8, 4) is 5.75 Å². The van der Waals surface area contributed by atoms with Crippen LogP contribution < -0.4 is 15.0 Å². The van der Waals surface area contributed by atoms with Gasteiger partial charge < -0.3 is 15.0 Å². The van der Waals surface area contributed by atoms with E-state index in [0.717, 1.165) is 15.6 Å². The molecule has 1 aliphatic rings. The summed E-state index contributed by atoms with van der Waals surface area (Å²) in [7, 11) is -0.990. The topological polar surface area (TPSA) is 96.0 Å². The molecule has 1 atom stereocenters. The van der Waals surface area contributed by atoms with E-state index in [4.69, 9.17) is 4.74 Å². The highest BCUT2D eigenvalue weighted by atomic mass is 32.2. The lowest BCUT2D eigenvalue weighted by Crippen LogP contribution is -2.35. The fourth-order valence-corrected chi connectivity index (χ4v) is 4.79. The van der Waals surface area contributed by atoms with E-state index in [1.165, 1.54) is 27.1 Å². The third-order valence-corrected chi connectivity index (χ3v) is 6.83. The molecule has 1 unspecified atom stereocenters. The number of likely N-dealkylation sites (N-methyl/N-ethyl adjacent to an activating group) is 1. The SMILES string of the molecule is COc1cccc(NC(=O)CN(C)S(=O)(=O)c2ccc3c(c2)CC(C)N3C(C)=O)c1. The van der Waals surface area contributed by atoms with Crippen LogP contribution in [-0.4, -0.2) is 51.3 Å². The number of carbonyl (C=O) groups excluding carboxylic acids is 2. The van der Waals surface area contributed by atoms with Gasteiger partial charge in [-0.3, -0.25) is 9.59 Å². The lowest BCUT2D eigenvalue weighted by Gasteiger charge is -2.21. The Bertz CT molecular complexity index is 1080. The molecule has 2 aromatic carbocycles.